The molecule has 0 aromatic heterocycles. The summed E-state index contributed by atoms with van der Waals surface area (Å²) in [5, 5.41) is 9.31. The van der Waals surface area contributed by atoms with Gasteiger partial charge in [-0.2, -0.15) is 0 Å². The Morgan fingerprint density at radius 2 is 1.96 bits per heavy atom. The van der Waals surface area contributed by atoms with Gasteiger partial charge in [-0.3, -0.25) is 19.3 Å². The Hall–Kier alpha value is -2.77. The molecular formula is C19H14ClNO5S. The van der Waals surface area contributed by atoms with E-state index in [-0.39, 0.29) is 33.8 Å². The molecule has 0 saturated carbocycles. The molecule has 2 aromatic carbocycles. The SMILES string of the molecule is COc1cc(/C=C2\SC(=O)N(CC(=O)c3ccccc3)C2=O)cc(Cl)c1O. The first-order valence-corrected chi connectivity index (χ1v) is 9.00. The smallest absolute Gasteiger partial charge is 0.293 e. The van der Waals surface area contributed by atoms with Gasteiger partial charge in [0.15, 0.2) is 17.3 Å². The standard InChI is InChI=1S/C19H14ClNO5S/c1-26-15-8-11(7-13(20)17(15)23)9-16-18(24)21(19(25)27-16)10-14(22)12-5-3-2-4-6-12/h2-9,23H,10H2,1H3/b16-9-. The van der Waals surface area contributed by atoms with Crippen molar-refractivity contribution in [3.05, 3.63) is 63.5 Å². The maximum atomic E-state index is 12.5. The lowest BCUT2D eigenvalue weighted by atomic mass is 10.1. The van der Waals surface area contributed by atoms with E-state index in [1.54, 1.807) is 30.3 Å². The molecule has 0 atom stereocenters. The topological polar surface area (TPSA) is 83.9 Å². The molecule has 0 radical (unpaired) electrons. The highest BCUT2D eigenvalue weighted by molar-refractivity contribution is 8.18. The Bertz CT molecular complexity index is 958. The van der Waals surface area contributed by atoms with Crippen molar-refractivity contribution >= 4 is 46.4 Å². The second kappa shape index (κ2) is 7.85. The maximum Gasteiger partial charge on any atom is 0.293 e. The summed E-state index contributed by atoms with van der Waals surface area (Å²) in [6.45, 7) is -0.328. The molecule has 1 fully saturated rings. The lowest BCUT2D eigenvalue weighted by Crippen LogP contribution is -2.33. The number of imide groups is 1. The number of methoxy groups -OCH3 is 1. The molecule has 6 nitrogen and oxygen atoms in total. The van der Waals surface area contributed by atoms with Crippen molar-refractivity contribution in [2.24, 2.45) is 0 Å². The molecule has 138 valence electrons. The van der Waals surface area contributed by atoms with Gasteiger partial charge in [0, 0.05) is 5.56 Å². The third-order valence-corrected chi connectivity index (χ3v) is 5.04. The number of nitrogens with zero attached hydrogens (tertiary/aromatic N) is 1. The van der Waals surface area contributed by atoms with E-state index in [9.17, 15) is 19.5 Å². The van der Waals surface area contributed by atoms with Crippen molar-refractivity contribution in [2.75, 3.05) is 13.7 Å². The number of ether oxygens (including phenoxy) is 1. The summed E-state index contributed by atoms with van der Waals surface area (Å²) >= 11 is 6.68. The molecule has 1 saturated heterocycles. The fourth-order valence-corrected chi connectivity index (χ4v) is 3.54. The Morgan fingerprint density at radius 3 is 2.63 bits per heavy atom. The molecule has 1 aliphatic heterocycles. The number of benzene rings is 2. The van der Waals surface area contributed by atoms with E-state index in [0.29, 0.717) is 11.1 Å². The van der Waals surface area contributed by atoms with Crippen LogP contribution in [0.5, 0.6) is 11.5 Å². The molecule has 8 heteroatoms. The number of ketones is 1. The second-order valence-electron chi connectivity index (χ2n) is 5.61. The van der Waals surface area contributed by atoms with Gasteiger partial charge < -0.3 is 9.84 Å². The number of carbonyl (C=O) groups is 3. The van der Waals surface area contributed by atoms with Crippen LogP contribution in [0.4, 0.5) is 4.79 Å². The number of Topliss-reactive ketones (excluding diaryl/α,β-unsaturated/α-hetero) is 1. The molecule has 0 aliphatic carbocycles. The fraction of sp³-hybridized carbons (Fsp3) is 0.105. The summed E-state index contributed by atoms with van der Waals surface area (Å²) in [5.74, 6) is -0.948. The first-order valence-electron chi connectivity index (χ1n) is 7.81. The summed E-state index contributed by atoms with van der Waals surface area (Å²) in [5.41, 5.74) is 0.908. The Kier molecular flexibility index (Phi) is 5.53. The Labute approximate surface area is 164 Å². The Morgan fingerprint density at radius 1 is 1.26 bits per heavy atom. The molecule has 2 aromatic rings. The summed E-state index contributed by atoms with van der Waals surface area (Å²) in [7, 11) is 1.37. The molecular weight excluding hydrogens is 390 g/mol. The van der Waals surface area contributed by atoms with Crippen LogP contribution in [-0.4, -0.2) is 40.6 Å². The minimum atomic E-state index is -0.558. The van der Waals surface area contributed by atoms with Crippen LogP contribution >= 0.6 is 23.4 Å². The summed E-state index contributed by atoms with van der Waals surface area (Å²) in [6.07, 6.45) is 1.46. The van der Waals surface area contributed by atoms with Crippen molar-refractivity contribution in [3.8, 4) is 11.5 Å². The van der Waals surface area contributed by atoms with E-state index < -0.39 is 11.1 Å². The number of carbonyl (C=O) groups excluding carboxylic acids is 3. The Balaban J connectivity index is 1.83. The maximum absolute atomic E-state index is 12.5. The molecule has 3 rings (SSSR count). The fourth-order valence-electron chi connectivity index (χ4n) is 2.48. The van der Waals surface area contributed by atoms with E-state index in [1.165, 1.54) is 25.3 Å². The zero-order chi connectivity index (χ0) is 19.6. The van der Waals surface area contributed by atoms with Gasteiger partial charge in [-0.05, 0) is 35.5 Å². The molecule has 1 heterocycles. The molecule has 2 amide bonds. The zero-order valence-corrected chi connectivity index (χ0v) is 15.7. The minimum absolute atomic E-state index is 0.0547. The number of thioether (sulfide) groups is 1. The van der Waals surface area contributed by atoms with Crippen LogP contribution in [0.2, 0.25) is 5.02 Å². The number of rotatable bonds is 5. The molecule has 0 unspecified atom stereocenters. The van der Waals surface area contributed by atoms with E-state index in [4.69, 9.17) is 16.3 Å². The van der Waals surface area contributed by atoms with Crippen LogP contribution in [0.25, 0.3) is 6.08 Å². The van der Waals surface area contributed by atoms with Crippen molar-refractivity contribution < 1.29 is 24.2 Å². The first-order chi connectivity index (χ1) is 12.9. The van der Waals surface area contributed by atoms with Crippen LogP contribution < -0.4 is 4.74 Å². The monoisotopic (exact) mass is 403 g/mol. The van der Waals surface area contributed by atoms with Gasteiger partial charge in [0.05, 0.1) is 23.6 Å². The average molecular weight is 404 g/mol. The lowest BCUT2D eigenvalue weighted by molar-refractivity contribution is -0.122. The van der Waals surface area contributed by atoms with Crippen molar-refractivity contribution in [1.82, 2.24) is 4.90 Å². The van der Waals surface area contributed by atoms with Crippen molar-refractivity contribution in [1.29, 1.82) is 0 Å². The molecule has 27 heavy (non-hydrogen) atoms. The predicted octanol–water partition coefficient (Wildman–Crippen LogP) is 3.97. The van der Waals surface area contributed by atoms with Gasteiger partial charge in [0.2, 0.25) is 0 Å². The average Bonchev–Trinajstić information content (AvgIpc) is 2.92. The van der Waals surface area contributed by atoms with Gasteiger partial charge in [-0.25, -0.2) is 0 Å². The first kappa shape index (κ1) is 19.0. The number of halogens is 1. The summed E-state index contributed by atoms with van der Waals surface area (Å²) < 4.78 is 5.02. The van der Waals surface area contributed by atoms with Crippen LogP contribution in [0, 0.1) is 0 Å². The van der Waals surface area contributed by atoms with Crippen LogP contribution in [-0.2, 0) is 4.79 Å². The van der Waals surface area contributed by atoms with Gasteiger partial charge in [-0.15, -0.1) is 0 Å². The van der Waals surface area contributed by atoms with Crippen LogP contribution in [0.15, 0.2) is 47.4 Å². The van der Waals surface area contributed by atoms with Gasteiger partial charge in [0.1, 0.15) is 0 Å². The molecule has 1 N–H and O–H groups in total. The summed E-state index contributed by atoms with van der Waals surface area (Å²) in [6, 6.07) is 11.4. The number of aromatic hydroxyl groups is 1. The van der Waals surface area contributed by atoms with Crippen molar-refractivity contribution in [3.63, 3.8) is 0 Å². The number of amides is 2. The largest absolute Gasteiger partial charge is 0.503 e. The van der Waals surface area contributed by atoms with Crippen LogP contribution in [0.3, 0.4) is 0 Å². The molecule has 0 bridgehead atoms. The number of hydrogen-bond donors (Lipinski definition) is 1. The number of phenolic OH excluding ortho intramolecular Hbond substituents is 1. The molecule has 1 aliphatic rings. The highest BCUT2D eigenvalue weighted by Gasteiger charge is 2.36. The van der Waals surface area contributed by atoms with E-state index in [1.807, 2.05) is 0 Å². The second-order valence-corrected chi connectivity index (χ2v) is 7.01. The molecule has 0 spiro atoms. The minimum Gasteiger partial charge on any atom is -0.503 e. The normalized spacial score (nSPS) is 15.5. The third kappa shape index (κ3) is 3.99. The third-order valence-electron chi connectivity index (χ3n) is 3.84. The van der Waals surface area contributed by atoms with Gasteiger partial charge in [-0.1, -0.05) is 41.9 Å². The highest BCUT2D eigenvalue weighted by Crippen LogP contribution is 2.37. The lowest BCUT2D eigenvalue weighted by Gasteiger charge is -2.11. The van der Waals surface area contributed by atoms with Gasteiger partial charge >= 0.3 is 0 Å². The summed E-state index contributed by atoms with van der Waals surface area (Å²) in [4.78, 5) is 38.1. The quantitative estimate of drug-likeness (QED) is 0.600. The number of phenols is 1. The zero-order valence-electron chi connectivity index (χ0n) is 14.1. The van der Waals surface area contributed by atoms with Crippen LogP contribution in [0.1, 0.15) is 15.9 Å². The van der Waals surface area contributed by atoms with E-state index >= 15 is 0 Å². The highest BCUT2D eigenvalue weighted by atomic mass is 35.5. The van der Waals surface area contributed by atoms with Crippen molar-refractivity contribution in [2.45, 2.75) is 0 Å². The van der Waals surface area contributed by atoms with E-state index in [2.05, 4.69) is 0 Å². The predicted molar refractivity (Wildman–Crippen MR) is 103 cm³/mol. The van der Waals surface area contributed by atoms with Gasteiger partial charge in [0.25, 0.3) is 11.1 Å². The van der Waals surface area contributed by atoms with E-state index in [0.717, 1.165) is 16.7 Å². The number of hydrogen-bond acceptors (Lipinski definition) is 6.